The first-order valence-electron chi connectivity index (χ1n) is 8.61. The highest BCUT2D eigenvalue weighted by atomic mass is 15.2. The molecule has 0 spiro atoms. The van der Waals surface area contributed by atoms with Gasteiger partial charge in [0.15, 0.2) is 0 Å². The monoisotopic (exact) mass is 287 g/mol. The number of benzene rings is 1. The summed E-state index contributed by atoms with van der Waals surface area (Å²) >= 11 is 0. The molecule has 0 amide bonds. The maximum Gasteiger partial charge on any atom is 0.0366 e. The van der Waals surface area contributed by atoms with Gasteiger partial charge in [0.05, 0.1) is 0 Å². The van der Waals surface area contributed by atoms with E-state index in [-0.39, 0.29) is 0 Å². The molecule has 116 valence electrons. The fourth-order valence-electron chi connectivity index (χ4n) is 3.39. The Morgan fingerprint density at radius 2 is 1.81 bits per heavy atom. The van der Waals surface area contributed by atoms with E-state index in [2.05, 4.69) is 53.2 Å². The molecule has 0 radical (unpaired) electrons. The summed E-state index contributed by atoms with van der Waals surface area (Å²) in [4.78, 5) is 5.13. The van der Waals surface area contributed by atoms with Crippen molar-refractivity contribution in [2.75, 3.05) is 31.1 Å². The van der Waals surface area contributed by atoms with Crippen LogP contribution < -0.4 is 10.2 Å². The van der Waals surface area contributed by atoms with Gasteiger partial charge in [-0.2, -0.15) is 0 Å². The number of hydrogen-bond donors (Lipinski definition) is 1. The molecule has 1 saturated carbocycles. The van der Waals surface area contributed by atoms with Gasteiger partial charge in [0.25, 0.3) is 0 Å². The molecule has 1 N–H and O–H groups in total. The first-order valence-corrected chi connectivity index (χ1v) is 8.61. The van der Waals surface area contributed by atoms with Crippen LogP contribution in [0.3, 0.4) is 0 Å². The highest BCUT2D eigenvalue weighted by molar-refractivity contribution is 5.48. The summed E-state index contributed by atoms with van der Waals surface area (Å²) in [6.07, 6.45) is 4.02. The van der Waals surface area contributed by atoms with Crippen molar-refractivity contribution in [1.29, 1.82) is 0 Å². The van der Waals surface area contributed by atoms with Crippen LogP contribution in [0.5, 0.6) is 0 Å². The van der Waals surface area contributed by atoms with Gasteiger partial charge in [-0.05, 0) is 50.0 Å². The number of nitrogens with one attached hydrogen (secondary N) is 1. The van der Waals surface area contributed by atoms with Crippen LogP contribution in [0, 0.1) is 0 Å². The molecule has 3 heteroatoms. The van der Waals surface area contributed by atoms with Crippen molar-refractivity contribution in [2.45, 2.75) is 51.7 Å². The third-order valence-corrected chi connectivity index (χ3v) is 4.97. The summed E-state index contributed by atoms with van der Waals surface area (Å²) in [7, 11) is 0. The van der Waals surface area contributed by atoms with Crippen molar-refractivity contribution in [2.24, 2.45) is 0 Å². The van der Waals surface area contributed by atoms with E-state index in [1.165, 1.54) is 56.7 Å². The van der Waals surface area contributed by atoms with Gasteiger partial charge in [-0.15, -0.1) is 0 Å². The first kappa shape index (κ1) is 14.9. The SMILES string of the molecule is CCN(CC)C1CCN(c2ccc(CNC3CC3)cc2)C1. The van der Waals surface area contributed by atoms with Crippen LogP contribution in [0.2, 0.25) is 0 Å². The van der Waals surface area contributed by atoms with Crippen LogP contribution in [-0.2, 0) is 6.54 Å². The second kappa shape index (κ2) is 6.80. The maximum absolute atomic E-state index is 3.58. The fourth-order valence-corrected chi connectivity index (χ4v) is 3.39. The molecule has 1 aliphatic carbocycles. The smallest absolute Gasteiger partial charge is 0.0366 e. The van der Waals surface area contributed by atoms with Crippen LogP contribution in [0.25, 0.3) is 0 Å². The van der Waals surface area contributed by atoms with Crippen molar-refractivity contribution in [3.63, 3.8) is 0 Å². The van der Waals surface area contributed by atoms with Crippen LogP contribution in [0.4, 0.5) is 5.69 Å². The van der Waals surface area contributed by atoms with Crippen molar-refractivity contribution in [3.05, 3.63) is 29.8 Å². The van der Waals surface area contributed by atoms with Crippen LogP contribution in [0.1, 0.15) is 38.7 Å². The summed E-state index contributed by atoms with van der Waals surface area (Å²) in [6, 6.07) is 10.7. The zero-order valence-electron chi connectivity index (χ0n) is 13.5. The van der Waals surface area contributed by atoms with E-state index < -0.39 is 0 Å². The number of rotatable bonds is 7. The predicted octanol–water partition coefficient (Wildman–Crippen LogP) is 2.86. The van der Waals surface area contributed by atoms with Crippen molar-refractivity contribution in [3.8, 4) is 0 Å². The van der Waals surface area contributed by atoms with Gasteiger partial charge >= 0.3 is 0 Å². The van der Waals surface area contributed by atoms with Gasteiger partial charge in [-0.1, -0.05) is 26.0 Å². The normalized spacial score (nSPS) is 22.2. The molecular weight excluding hydrogens is 258 g/mol. The zero-order valence-corrected chi connectivity index (χ0v) is 13.5. The Bertz CT molecular complexity index is 434. The zero-order chi connectivity index (χ0) is 14.7. The molecule has 21 heavy (non-hydrogen) atoms. The maximum atomic E-state index is 3.58. The van der Waals surface area contributed by atoms with E-state index in [4.69, 9.17) is 0 Å². The fraction of sp³-hybridized carbons (Fsp3) is 0.667. The molecule has 1 atom stereocenters. The Labute approximate surface area is 129 Å². The molecule has 1 aromatic rings. The Hall–Kier alpha value is -1.06. The Balaban J connectivity index is 1.54. The molecule has 1 aliphatic heterocycles. The van der Waals surface area contributed by atoms with E-state index in [1.807, 2.05) is 0 Å². The van der Waals surface area contributed by atoms with Gasteiger partial charge in [-0.25, -0.2) is 0 Å². The van der Waals surface area contributed by atoms with E-state index in [9.17, 15) is 0 Å². The number of nitrogens with zero attached hydrogens (tertiary/aromatic N) is 2. The Kier molecular flexibility index (Phi) is 4.81. The minimum Gasteiger partial charge on any atom is -0.370 e. The standard InChI is InChI=1S/C18H29N3/c1-3-20(4-2)18-11-12-21(14-18)17-9-5-15(6-10-17)13-19-16-7-8-16/h5-6,9-10,16,18-19H,3-4,7-8,11-14H2,1-2H3. The number of anilines is 1. The lowest BCUT2D eigenvalue weighted by molar-refractivity contribution is 0.232. The number of likely N-dealkylation sites (N-methyl/N-ethyl adjacent to an activating group) is 1. The summed E-state index contributed by atoms with van der Waals surface area (Å²) in [5.74, 6) is 0. The molecule has 1 unspecified atom stereocenters. The van der Waals surface area contributed by atoms with Crippen LogP contribution >= 0.6 is 0 Å². The topological polar surface area (TPSA) is 18.5 Å². The minimum atomic E-state index is 0.733. The lowest BCUT2D eigenvalue weighted by atomic mass is 10.2. The van der Waals surface area contributed by atoms with Crippen LogP contribution in [-0.4, -0.2) is 43.2 Å². The summed E-state index contributed by atoms with van der Waals surface area (Å²) in [5.41, 5.74) is 2.80. The summed E-state index contributed by atoms with van der Waals surface area (Å²) in [5, 5.41) is 3.58. The highest BCUT2D eigenvalue weighted by Gasteiger charge is 2.26. The molecule has 1 saturated heterocycles. The van der Waals surface area contributed by atoms with Crippen molar-refractivity contribution in [1.82, 2.24) is 10.2 Å². The van der Waals surface area contributed by atoms with Gasteiger partial charge in [-0.3, -0.25) is 4.90 Å². The molecule has 1 aromatic carbocycles. The summed E-state index contributed by atoms with van der Waals surface area (Å²) < 4.78 is 0. The minimum absolute atomic E-state index is 0.733. The molecule has 1 heterocycles. The predicted molar refractivity (Wildman–Crippen MR) is 89.8 cm³/mol. The third-order valence-electron chi connectivity index (χ3n) is 4.97. The Morgan fingerprint density at radius 1 is 1.10 bits per heavy atom. The molecule has 3 nitrogen and oxygen atoms in total. The molecule has 0 bridgehead atoms. The largest absolute Gasteiger partial charge is 0.370 e. The van der Waals surface area contributed by atoms with Gasteiger partial charge in [0.2, 0.25) is 0 Å². The second-order valence-electron chi connectivity index (χ2n) is 6.43. The number of hydrogen-bond acceptors (Lipinski definition) is 3. The van der Waals surface area contributed by atoms with Gasteiger partial charge < -0.3 is 10.2 Å². The van der Waals surface area contributed by atoms with Crippen molar-refractivity contribution < 1.29 is 0 Å². The van der Waals surface area contributed by atoms with E-state index in [0.29, 0.717) is 0 Å². The van der Waals surface area contributed by atoms with Gasteiger partial charge in [0.1, 0.15) is 0 Å². The Morgan fingerprint density at radius 3 is 2.43 bits per heavy atom. The second-order valence-corrected chi connectivity index (χ2v) is 6.43. The van der Waals surface area contributed by atoms with Crippen molar-refractivity contribution >= 4 is 5.69 Å². The highest BCUT2D eigenvalue weighted by Crippen LogP contribution is 2.24. The summed E-state index contributed by atoms with van der Waals surface area (Å²) in [6.45, 7) is 10.3. The quantitative estimate of drug-likeness (QED) is 0.832. The van der Waals surface area contributed by atoms with E-state index in [1.54, 1.807) is 0 Å². The van der Waals surface area contributed by atoms with E-state index >= 15 is 0 Å². The molecule has 2 fully saturated rings. The lowest BCUT2D eigenvalue weighted by Gasteiger charge is -2.26. The lowest BCUT2D eigenvalue weighted by Crippen LogP contribution is -2.37. The molecule has 3 rings (SSSR count). The average Bonchev–Trinajstić information content (AvgIpc) is 3.23. The first-order chi connectivity index (χ1) is 10.3. The van der Waals surface area contributed by atoms with Gasteiger partial charge in [0, 0.05) is 37.4 Å². The van der Waals surface area contributed by atoms with E-state index in [0.717, 1.165) is 18.6 Å². The van der Waals surface area contributed by atoms with Crippen LogP contribution in [0.15, 0.2) is 24.3 Å². The third kappa shape index (κ3) is 3.78. The molecular formula is C18H29N3. The average molecular weight is 287 g/mol. The molecule has 0 aromatic heterocycles. The molecule has 2 aliphatic rings.